The molecule has 0 radical (unpaired) electrons. The van der Waals surface area contributed by atoms with E-state index < -0.39 is 0 Å². The number of nitriles is 5. The Morgan fingerprint density at radius 3 is 1.68 bits per heavy atom. The van der Waals surface area contributed by atoms with Crippen molar-refractivity contribution in [2.45, 2.75) is 0 Å². The van der Waals surface area contributed by atoms with Crippen LogP contribution in [0.1, 0.15) is 28.1 Å². The Bertz CT molecular complexity index is 844. The number of nitrogens with zero attached hydrogens (tertiary/aromatic N) is 6. The van der Waals surface area contributed by atoms with E-state index in [2.05, 4.69) is 9.97 Å². The summed E-state index contributed by atoms with van der Waals surface area (Å²) < 4.78 is 0. The topological polar surface area (TPSA) is 148 Å². The van der Waals surface area contributed by atoms with Gasteiger partial charge in [-0.3, -0.25) is 0 Å². The van der Waals surface area contributed by atoms with Gasteiger partial charge in [0.2, 0.25) is 5.82 Å². The highest BCUT2D eigenvalue weighted by atomic mass is 14.9. The van der Waals surface area contributed by atoms with Gasteiger partial charge in [0.05, 0.1) is 27.8 Å². The molecule has 0 unspecified atom stereocenters. The maximum absolute atomic E-state index is 9.09. The highest BCUT2D eigenvalue weighted by Crippen LogP contribution is 2.27. The van der Waals surface area contributed by atoms with E-state index in [1.165, 1.54) is 0 Å². The average molecular weight is 243 g/mol. The van der Waals surface area contributed by atoms with E-state index in [9.17, 15) is 0 Å². The van der Waals surface area contributed by atoms with Crippen molar-refractivity contribution in [2.75, 3.05) is 0 Å². The molecule has 0 atom stereocenters. The molecule has 0 bridgehead atoms. The van der Waals surface area contributed by atoms with Gasteiger partial charge in [-0.1, -0.05) is 0 Å². The second-order valence-electron chi connectivity index (χ2n) is 3.37. The van der Waals surface area contributed by atoms with Crippen molar-refractivity contribution in [3.63, 3.8) is 0 Å². The summed E-state index contributed by atoms with van der Waals surface area (Å²) in [5.74, 6) is -0.0954. The van der Waals surface area contributed by atoms with E-state index in [-0.39, 0.29) is 39.1 Å². The summed E-state index contributed by atoms with van der Waals surface area (Å²) >= 11 is 0. The summed E-state index contributed by atoms with van der Waals surface area (Å²) in [4.78, 5) is 6.40. The fourth-order valence-electron chi connectivity index (χ4n) is 1.73. The predicted octanol–water partition coefficient (Wildman–Crippen LogP) is 0.921. The second-order valence-corrected chi connectivity index (χ2v) is 3.37. The van der Waals surface area contributed by atoms with Crippen LogP contribution in [0, 0.1) is 56.7 Å². The van der Waals surface area contributed by atoms with Gasteiger partial charge < -0.3 is 4.98 Å². The number of aromatic nitrogens is 2. The molecule has 0 aliphatic carbocycles. The van der Waals surface area contributed by atoms with Crippen LogP contribution in [0.5, 0.6) is 0 Å². The minimum absolute atomic E-state index is 0.0474. The van der Waals surface area contributed by atoms with Crippen molar-refractivity contribution < 1.29 is 0 Å². The van der Waals surface area contributed by atoms with Crippen LogP contribution in [0.15, 0.2) is 0 Å². The summed E-state index contributed by atoms with van der Waals surface area (Å²) in [5, 5.41) is 45.0. The first-order chi connectivity index (χ1) is 9.21. The lowest BCUT2D eigenvalue weighted by atomic mass is 9.96. The number of imidazole rings is 1. The normalized spacial score (nSPS) is 8.79. The second kappa shape index (κ2) is 4.19. The predicted molar refractivity (Wildman–Crippen MR) is 59.7 cm³/mol. The fraction of sp³-hybridized carbons (Fsp3) is 0. The molecule has 1 heterocycles. The number of benzene rings is 1. The molecule has 0 saturated carbocycles. The van der Waals surface area contributed by atoms with E-state index in [0.717, 1.165) is 0 Å². The van der Waals surface area contributed by atoms with E-state index in [0.29, 0.717) is 0 Å². The summed E-state index contributed by atoms with van der Waals surface area (Å²) in [7, 11) is 0. The molecule has 7 nitrogen and oxygen atoms in total. The van der Waals surface area contributed by atoms with Crippen molar-refractivity contribution in [3.8, 4) is 30.3 Å². The summed E-state index contributed by atoms with van der Waals surface area (Å²) in [6.45, 7) is 0. The molecule has 0 fully saturated rings. The highest BCUT2D eigenvalue weighted by Gasteiger charge is 2.22. The molecule has 1 aromatic carbocycles. The molecule has 0 spiro atoms. The monoisotopic (exact) mass is 243 g/mol. The van der Waals surface area contributed by atoms with Crippen molar-refractivity contribution in [1.82, 2.24) is 9.97 Å². The lowest BCUT2D eigenvalue weighted by Gasteiger charge is -2.01. The van der Waals surface area contributed by atoms with E-state index >= 15 is 0 Å². The largest absolute Gasteiger partial charge is 0.328 e. The Morgan fingerprint density at radius 1 is 0.684 bits per heavy atom. The van der Waals surface area contributed by atoms with Crippen LogP contribution in [0.4, 0.5) is 0 Å². The highest BCUT2D eigenvalue weighted by molar-refractivity contribution is 5.92. The maximum Gasteiger partial charge on any atom is 0.211 e. The van der Waals surface area contributed by atoms with E-state index in [1.807, 2.05) is 0 Å². The van der Waals surface area contributed by atoms with Crippen LogP contribution >= 0.6 is 0 Å². The van der Waals surface area contributed by atoms with Gasteiger partial charge in [-0.25, -0.2) is 4.98 Å². The molecule has 2 aromatic rings. The molecule has 0 saturated heterocycles. The average Bonchev–Trinajstić information content (AvgIpc) is 2.87. The summed E-state index contributed by atoms with van der Waals surface area (Å²) in [5.41, 5.74) is -0.447. The Balaban J connectivity index is 3.19. The van der Waals surface area contributed by atoms with Crippen LogP contribution in [0.25, 0.3) is 11.0 Å². The van der Waals surface area contributed by atoms with Crippen LogP contribution in [0.2, 0.25) is 0 Å². The van der Waals surface area contributed by atoms with Gasteiger partial charge >= 0.3 is 0 Å². The van der Waals surface area contributed by atoms with Crippen molar-refractivity contribution in [1.29, 1.82) is 26.3 Å². The fourth-order valence-corrected chi connectivity index (χ4v) is 1.73. The first kappa shape index (κ1) is 11.6. The minimum Gasteiger partial charge on any atom is -0.328 e. The summed E-state index contributed by atoms with van der Waals surface area (Å²) in [6, 6.07) is 8.77. The van der Waals surface area contributed by atoms with Gasteiger partial charge in [-0.15, -0.1) is 0 Å². The third kappa shape index (κ3) is 1.43. The number of fused-ring (bicyclic) bond motifs is 1. The summed E-state index contributed by atoms with van der Waals surface area (Å²) in [6.07, 6.45) is 0. The van der Waals surface area contributed by atoms with Crippen LogP contribution in [0.3, 0.4) is 0 Å². The minimum atomic E-state index is -0.204. The number of H-pyrrole nitrogens is 1. The quantitative estimate of drug-likeness (QED) is 0.727. The zero-order valence-corrected chi connectivity index (χ0v) is 9.18. The number of hydrogen-bond donors (Lipinski definition) is 1. The smallest absolute Gasteiger partial charge is 0.211 e. The number of hydrogen-bond acceptors (Lipinski definition) is 6. The van der Waals surface area contributed by atoms with Crippen LogP contribution in [-0.2, 0) is 0 Å². The van der Waals surface area contributed by atoms with E-state index in [4.69, 9.17) is 26.3 Å². The first-order valence-corrected chi connectivity index (χ1v) is 4.82. The molecule has 0 amide bonds. The third-order valence-corrected chi connectivity index (χ3v) is 2.49. The van der Waals surface area contributed by atoms with Gasteiger partial charge in [0, 0.05) is 0 Å². The van der Waals surface area contributed by atoms with Crippen LogP contribution in [-0.4, -0.2) is 9.97 Å². The lowest BCUT2D eigenvalue weighted by molar-refractivity contribution is 1.25. The molecule has 2 rings (SSSR count). The molecule has 19 heavy (non-hydrogen) atoms. The number of aromatic amines is 1. The lowest BCUT2D eigenvalue weighted by Crippen LogP contribution is -1.97. The van der Waals surface area contributed by atoms with Crippen molar-refractivity contribution in [2.24, 2.45) is 0 Å². The molecule has 0 aliphatic rings. The molecule has 1 N–H and O–H groups in total. The Hall–Kier alpha value is -3.86. The Kier molecular flexibility index (Phi) is 2.56. The number of nitrogens with one attached hydrogen (secondary N) is 1. The standard InChI is InChI=1S/C12HN7/c13-1-6-7(2-14)9(4-16)12-11(8(6)3-15)18-10(5-17)19-12/h(H,18,19). The van der Waals surface area contributed by atoms with Gasteiger partial charge in [-0.05, 0) is 0 Å². The third-order valence-electron chi connectivity index (χ3n) is 2.49. The zero-order chi connectivity index (χ0) is 14.0. The zero-order valence-electron chi connectivity index (χ0n) is 9.18. The van der Waals surface area contributed by atoms with Gasteiger partial charge in [0.15, 0.2) is 0 Å². The van der Waals surface area contributed by atoms with Crippen LogP contribution < -0.4 is 0 Å². The Labute approximate surface area is 106 Å². The maximum atomic E-state index is 9.09. The molecule has 0 aliphatic heterocycles. The van der Waals surface area contributed by atoms with Crippen molar-refractivity contribution in [3.05, 3.63) is 28.1 Å². The number of rotatable bonds is 0. The molecular formula is C12HN7. The molecular weight excluding hydrogens is 242 g/mol. The van der Waals surface area contributed by atoms with E-state index in [1.54, 1.807) is 30.3 Å². The first-order valence-electron chi connectivity index (χ1n) is 4.82. The molecule has 84 valence electrons. The van der Waals surface area contributed by atoms with Gasteiger partial charge in [-0.2, -0.15) is 26.3 Å². The molecule has 7 heteroatoms. The molecule has 1 aromatic heterocycles. The van der Waals surface area contributed by atoms with Crippen molar-refractivity contribution >= 4 is 11.0 Å². The van der Waals surface area contributed by atoms with Gasteiger partial charge in [0.25, 0.3) is 0 Å². The van der Waals surface area contributed by atoms with Gasteiger partial charge in [0.1, 0.15) is 35.9 Å². The Morgan fingerprint density at radius 2 is 1.21 bits per heavy atom. The SMILES string of the molecule is N#Cc1nc2c(C#N)c(C#N)c(C#N)c(C#N)c2[nH]1.